The highest BCUT2D eigenvalue weighted by Crippen LogP contribution is 2.33. The van der Waals surface area contributed by atoms with Gasteiger partial charge in [0.25, 0.3) is 5.91 Å². The number of ether oxygens (including phenoxy) is 2. The molecule has 7 nitrogen and oxygen atoms in total. The molecule has 1 amide bonds. The second kappa shape index (κ2) is 11.5. The maximum atomic E-state index is 13.6. The fourth-order valence-corrected chi connectivity index (χ4v) is 3.65. The minimum absolute atomic E-state index is 0.00148. The fraction of sp³-hybridized carbons (Fsp3) is 0.360. The topological polar surface area (TPSA) is 92.2 Å². The lowest BCUT2D eigenvalue weighted by Crippen LogP contribution is -2.54. The highest BCUT2D eigenvalue weighted by Gasteiger charge is 2.49. The molecule has 1 heterocycles. The summed E-state index contributed by atoms with van der Waals surface area (Å²) in [4.78, 5) is 17.7. The number of hydrogen-bond donors (Lipinski definition) is 3. The van der Waals surface area contributed by atoms with Crippen LogP contribution in [0.15, 0.2) is 60.1 Å². The molecular weight excluding hydrogens is 482 g/mol. The van der Waals surface area contributed by atoms with Crippen molar-refractivity contribution in [1.82, 2.24) is 10.9 Å². The van der Waals surface area contributed by atoms with Crippen LogP contribution < -0.4 is 15.6 Å². The van der Waals surface area contributed by atoms with Crippen molar-refractivity contribution >= 4 is 11.8 Å². The Kier molecular flexibility index (Phi) is 8.70. The minimum atomic E-state index is -4.69. The SMILES string of the molecule is C=CC[C@]1(C(=O)NNCc2cc(F)cc(C(F)(F)F)c2)N=C(c2ccc(OCCCO)cc2)O[C@H]1C. The van der Waals surface area contributed by atoms with E-state index in [0.29, 0.717) is 30.4 Å². The third-order valence-corrected chi connectivity index (χ3v) is 5.56. The molecule has 0 aliphatic carbocycles. The molecule has 1 aliphatic heterocycles. The number of nitrogens with one attached hydrogen (secondary N) is 2. The molecule has 0 aromatic heterocycles. The number of carbonyl (C=O) groups excluding carboxylic acids is 1. The van der Waals surface area contributed by atoms with Crippen LogP contribution in [0, 0.1) is 5.82 Å². The molecular formula is C25H27F4N3O4. The van der Waals surface area contributed by atoms with Gasteiger partial charge in [0.05, 0.1) is 12.2 Å². The Bertz CT molecular complexity index is 1110. The number of amides is 1. The van der Waals surface area contributed by atoms with Gasteiger partial charge in [-0.2, -0.15) is 13.2 Å². The van der Waals surface area contributed by atoms with Crippen LogP contribution in [-0.4, -0.2) is 41.8 Å². The van der Waals surface area contributed by atoms with E-state index in [1.165, 1.54) is 6.08 Å². The molecule has 0 bridgehead atoms. The van der Waals surface area contributed by atoms with E-state index in [-0.39, 0.29) is 31.0 Å². The predicted molar refractivity (Wildman–Crippen MR) is 125 cm³/mol. The van der Waals surface area contributed by atoms with Crippen molar-refractivity contribution in [2.24, 2.45) is 4.99 Å². The van der Waals surface area contributed by atoms with Crippen LogP contribution in [0.3, 0.4) is 0 Å². The summed E-state index contributed by atoms with van der Waals surface area (Å²) >= 11 is 0. The van der Waals surface area contributed by atoms with Crippen LogP contribution in [0.1, 0.15) is 36.5 Å². The van der Waals surface area contributed by atoms with Crippen molar-refractivity contribution < 1.29 is 36.9 Å². The number of aliphatic hydroxyl groups excluding tert-OH is 1. The van der Waals surface area contributed by atoms with Crippen LogP contribution in [0.25, 0.3) is 0 Å². The number of aliphatic imine (C=N–C) groups is 1. The Balaban J connectivity index is 1.71. The van der Waals surface area contributed by atoms with Crippen LogP contribution in [0.2, 0.25) is 0 Å². The lowest BCUT2D eigenvalue weighted by atomic mass is 9.90. The molecule has 0 saturated heterocycles. The van der Waals surface area contributed by atoms with E-state index in [2.05, 4.69) is 22.4 Å². The second-order valence-electron chi connectivity index (χ2n) is 8.20. The van der Waals surface area contributed by atoms with Gasteiger partial charge in [0.2, 0.25) is 5.90 Å². The van der Waals surface area contributed by atoms with Gasteiger partial charge in [-0.05, 0) is 55.0 Å². The standard InChI is InChI=1S/C25H27F4N3O4/c1-3-9-24(23(34)32-30-15-17-12-19(25(27,28)29)14-20(26)13-17)16(2)36-22(31-24)18-5-7-21(8-6-18)35-11-4-10-33/h3,5-8,12-14,16,30,33H,1,4,9-11,15H2,2H3,(H,32,34)/t16-,24-/m0/s1. The molecule has 2 aromatic rings. The molecule has 0 saturated carbocycles. The Morgan fingerprint density at radius 3 is 2.64 bits per heavy atom. The van der Waals surface area contributed by atoms with Gasteiger partial charge >= 0.3 is 6.18 Å². The summed E-state index contributed by atoms with van der Waals surface area (Å²) in [6.45, 7) is 5.51. The normalized spacial score (nSPS) is 19.4. The maximum Gasteiger partial charge on any atom is 0.416 e. The number of carbonyl (C=O) groups is 1. The zero-order valence-electron chi connectivity index (χ0n) is 19.6. The average molecular weight is 510 g/mol. The first kappa shape index (κ1) is 27.2. The molecule has 36 heavy (non-hydrogen) atoms. The van der Waals surface area contributed by atoms with Gasteiger partial charge < -0.3 is 14.6 Å². The first-order valence-electron chi connectivity index (χ1n) is 11.2. The van der Waals surface area contributed by atoms with Gasteiger partial charge in [-0.25, -0.2) is 14.8 Å². The summed E-state index contributed by atoms with van der Waals surface area (Å²) in [6.07, 6.45) is -3.22. The number of hydrazine groups is 1. The Morgan fingerprint density at radius 1 is 1.28 bits per heavy atom. The van der Waals surface area contributed by atoms with Crippen molar-refractivity contribution in [1.29, 1.82) is 0 Å². The van der Waals surface area contributed by atoms with Gasteiger partial charge in [0, 0.05) is 31.6 Å². The van der Waals surface area contributed by atoms with Crippen LogP contribution >= 0.6 is 0 Å². The van der Waals surface area contributed by atoms with E-state index in [1.54, 1.807) is 31.2 Å². The molecule has 0 fully saturated rings. The zero-order valence-corrected chi connectivity index (χ0v) is 19.6. The number of alkyl halides is 3. The van der Waals surface area contributed by atoms with Crippen molar-refractivity contribution in [2.75, 3.05) is 13.2 Å². The van der Waals surface area contributed by atoms with Crippen molar-refractivity contribution in [2.45, 2.75) is 44.1 Å². The number of rotatable bonds is 11. The number of hydrogen-bond acceptors (Lipinski definition) is 6. The largest absolute Gasteiger partial charge is 0.494 e. The van der Waals surface area contributed by atoms with Crippen molar-refractivity contribution in [3.05, 3.63) is 77.6 Å². The van der Waals surface area contributed by atoms with E-state index in [9.17, 15) is 22.4 Å². The van der Waals surface area contributed by atoms with Crippen molar-refractivity contribution in [3.8, 4) is 5.75 Å². The number of nitrogens with zero attached hydrogens (tertiary/aromatic N) is 1. The Hall–Kier alpha value is -3.44. The Labute approximate surface area is 205 Å². The average Bonchev–Trinajstić information content (AvgIpc) is 3.16. The summed E-state index contributed by atoms with van der Waals surface area (Å²) in [5.74, 6) is -0.778. The zero-order chi connectivity index (χ0) is 26.3. The van der Waals surface area contributed by atoms with Crippen molar-refractivity contribution in [3.63, 3.8) is 0 Å². The lowest BCUT2D eigenvalue weighted by Gasteiger charge is -2.27. The second-order valence-corrected chi connectivity index (χ2v) is 8.20. The first-order chi connectivity index (χ1) is 17.1. The molecule has 194 valence electrons. The third kappa shape index (κ3) is 6.41. The molecule has 1 aliphatic rings. The highest BCUT2D eigenvalue weighted by molar-refractivity contribution is 6.00. The smallest absolute Gasteiger partial charge is 0.416 e. The van der Waals surface area contributed by atoms with Crippen LogP contribution in [0.5, 0.6) is 5.75 Å². The maximum absolute atomic E-state index is 13.6. The third-order valence-electron chi connectivity index (χ3n) is 5.56. The van der Waals surface area contributed by atoms with Crippen LogP contribution in [-0.2, 0) is 22.3 Å². The molecule has 0 spiro atoms. The molecule has 3 N–H and O–H groups in total. The van der Waals surface area contributed by atoms with E-state index >= 15 is 0 Å². The number of benzene rings is 2. The minimum Gasteiger partial charge on any atom is -0.494 e. The molecule has 11 heteroatoms. The monoisotopic (exact) mass is 509 g/mol. The quantitative estimate of drug-likeness (QED) is 0.185. The van der Waals surface area contributed by atoms with E-state index in [1.807, 2.05) is 0 Å². The molecule has 3 rings (SSSR count). The van der Waals surface area contributed by atoms with E-state index in [0.717, 1.165) is 12.1 Å². The van der Waals surface area contributed by atoms with Gasteiger partial charge in [0.1, 0.15) is 17.7 Å². The molecule has 2 aromatic carbocycles. The van der Waals surface area contributed by atoms with Gasteiger partial charge in [0.15, 0.2) is 5.54 Å². The van der Waals surface area contributed by atoms with Crippen LogP contribution in [0.4, 0.5) is 17.6 Å². The molecule has 0 unspecified atom stereocenters. The first-order valence-corrected chi connectivity index (χ1v) is 11.2. The van der Waals surface area contributed by atoms with E-state index < -0.39 is 35.1 Å². The lowest BCUT2D eigenvalue weighted by molar-refractivity contribution is -0.138. The summed E-state index contributed by atoms with van der Waals surface area (Å²) in [7, 11) is 0. The van der Waals surface area contributed by atoms with E-state index in [4.69, 9.17) is 14.6 Å². The summed E-state index contributed by atoms with van der Waals surface area (Å²) < 4.78 is 63.8. The summed E-state index contributed by atoms with van der Waals surface area (Å²) in [6, 6.07) is 9.03. The highest BCUT2D eigenvalue weighted by atomic mass is 19.4. The summed E-state index contributed by atoms with van der Waals surface area (Å²) in [5.41, 5.74) is 3.12. The Morgan fingerprint density at radius 2 is 2.00 bits per heavy atom. The predicted octanol–water partition coefficient (Wildman–Crippen LogP) is 3.91. The van der Waals surface area contributed by atoms with Gasteiger partial charge in [-0.15, -0.1) is 6.58 Å². The molecule has 2 atom stereocenters. The number of aliphatic hydroxyl groups is 1. The number of halogens is 4. The van der Waals surface area contributed by atoms with Gasteiger partial charge in [-0.3, -0.25) is 10.2 Å². The summed E-state index contributed by atoms with van der Waals surface area (Å²) in [5, 5.41) is 8.85. The molecule has 0 radical (unpaired) electrons. The fourth-order valence-electron chi connectivity index (χ4n) is 3.65. The van der Waals surface area contributed by atoms with Gasteiger partial charge in [-0.1, -0.05) is 6.08 Å².